The predicted octanol–water partition coefficient (Wildman–Crippen LogP) is 3.53. The van der Waals surface area contributed by atoms with Gasteiger partial charge in [0.05, 0.1) is 11.2 Å². The number of anilines is 1. The Hall–Kier alpha value is -1.59. The van der Waals surface area contributed by atoms with Crippen molar-refractivity contribution >= 4 is 34.6 Å². The number of benzene rings is 1. The van der Waals surface area contributed by atoms with E-state index in [9.17, 15) is 0 Å². The number of hydrogen-bond acceptors (Lipinski definition) is 2. The molecule has 0 amide bonds. The molecule has 0 saturated carbocycles. The molecule has 0 radical (unpaired) electrons. The van der Waals surface area contributed by atoms with E-state index in [1.54, 1.807) is 6.20 Å². The number of aromatic nitrogens is 2. The lowest BCUT2D eigenvalue weighted by Gasteiger charge is -2.11. The van der Waals surface area contributed by atoms with Crippen molar-refractivity contribution in [3.8, 4) is 0 Å². The van der Waals surface area contributed by atoms with Gasteiger partial charge in [0.15, 0.2) is 5.11 Å². The second-order valence-electron chi connectivity index (χ2n) is 4.96. The minimum Gasteiger partial charge on any atom is -0.362 e. The number of halogens is 1. The largest absolute Gasteiger partial charge is 0.362 e. The van der Waals surface area contributed by atoms with E-state index in [0.717, 1.165) is 25.2 Å². The Morgan fingerprint density at radius 3 is 2.81 bits per heavy atom. The summed E-state index contributed by atoms with van der Waals surface area (Å²) in [5.74, 6) is 0. The van der Waals surface area contributed by atoms with Gasteiger partial charge in [-0.25, -0.2) is 0 Å². The third-order valence-electron chi connectivity index (χ3n) is 3.22. The van der Waals surface area contributed by atoms with Gasteiger partial charge in [-0.05, 0) is 55.7 Å². The van der Waals surface area contributed by atoms with E-state index >= 15 is 0 Å². The summed E-state index contributed by atoms with van der Waals surface area (Å²) in [6.07, 6.45) is 4.38. The average molecular weight is 323 g/mol. The first-order valence-corrected chi connectivity index (χ1v) is 7.63. The monoisotopic (exact) mass is 322 g/mol. The van der Waals surface area contributed by atoms with Crippen LogP contribution in [0.15, 0.2) is 30.6 Å². The third kappa shape index (κ3) is 5.02. The van der Waals surface area contributed by atoms with E-state index < -0.39 is 0 Å². The number of aryl methyl sites for hydroxylation is 3. The highest BCUT2D eigenvalue weighted by molar-refractivity contribution is 7.80. The van der Waals surface area contributed by atoms with Crippen molar-refractivity contribution in [3.63, 3.8) is 0 Å². The highest BCUT2D eigenvalue weighted by Gasteiger charge is 2.00. The van der Waals surface area contributed by atoms with Crippen molar-refractivity contribution in [3.05, 3.63) is 46.7 Å². The van der Waals surface area contributed by atoms with Gasteiger partial charge in [0, 0.05) is 25.0 Å². The fraction of sp³-hybridized carbons (Fsp3) is 0.333. The van der Waals surface area contributed by atoms with Crippen LogP contribution in [0, 0.1) is 13.8 Å². The topological polar surface area (TPSA) is 41.9 Å². The number of nitrogens with zero attached hydrogens (tertiary/aromatic N) is 2. The Morgan fingerprint density at radius 1 is 1.33 bits per heavy atom. The summed E-state index contributed by atoms with van der Waals surface area (Å²) in [7, 11) is 0. The molecule has 0 aliphatic heterocycles. The molecule has 0 spiro atoms. The Kier molecular flexibility index (Phi) is 5.59. The molecule has 2 aromatic rings. The van der Waals surface area contributed by atoms with Crippen LogP contribution in [0.25, 0.3) is 0 Å². The van der Waals surface area contributed by atoms with Gasteiger partial charge in [-0.1, -0.05) is 17.7 Å². The van der Waals surface area contributed by atoms with E-state index in [1.165, 1.54) is 11.1 Å². The van der Waals surface area contributed by atoms with Crippen molar-refractivity contribution in [1.82, 2.24) is 15.1 Å². The maximum atomic E-state index is 5.81. The molecule has 0 atom stereocenters. The number of thiocarbonyl (C=S) groups is 1. The first kappa shape index (κ1) is 15.8. The zero-order valence-electron chi connectivity index (χ0n) is 12.2. The molecule has 0 aliphatic carbocycles. The number of hydrogen-bond donors (Lipinski definition) is 2. The van der Waals surface area contributed by atoms with E-state index in [0.29, 0.717) is 10.1 Å². The fourth-order valence-electron chi connectivity index (χ4n) is 1.90. The van der Waals surface area contributed by atoms with Gasteiger partial charge in [-0.2, -0.15) is 5.10 Å². The molecule has 0 fully saturated rings. The Labute approximate surface area is 135 Å². The maximum absolute atomic E-state index is 5.81. The standard InChI is InChI=1S/C15H19ClN4S/c1-11-4-5-14(8-12(11)2)19-15(21)17-6-3-7-20-10-13(16)9-18-20/h4-5,8-10H,3,6-7H2,1-2H3,(H2,17,19,21). The molecule has 6 heteroatoms. The van der Waals surface area contributed by atoms with Gasteiger partial charge < -0.3 is 10.6 Å². The second-order valence-corrected chi connectivity index (χ2v) is 5.80. The molecule has 1 aromatic heterocycles. The Bertz CT molecular complexity index is 624. The van der Waals surface area contributed by atoms with Gasteiger partial charge in [0.2, 0.25) is 0 Å². The summed E-state index contributed by atoms with van der Waals surface area (Å²) in [6.45, 7) is 5.78. The Morgan fingerprint density at radius 2 is 2.14 bits per heavy atom. The molecule has 1 heterocycles. The van der Waals surface area contributed by atoms with Crippen LogP contribution in [0.5, 0.6) is 0 Å². The van der Waals surface area contributed by atoms with Crippen LogP contribution in [-0.2, 0) is 6.54 Å². The lowest BCUT2D eigenvalue weighted by molar-refractivity contribution is 0.574. The second kappa shape index (κ2) is 7.43. The first-order valence-electron chi connectivity index (χ1n) is 6.84. The average Bonchev–Trinajstić information content (AvgIpc) is 2.85. The van der Waals surface area contributed by atoms with Gasteiger partial charge in [0.25, 0.3) is 0 Å². The molecule has 1 aromatic carbocycles. The van der Waals surface area contributed by atoms with Crippen LogP contribution in [0.4, 0.5) is 5.69 Å². The van der Waals surface area contributed by atoms with Crippen molar-refractivity contribution < 1.29 is 0 Å². The SMILES string of the molecule is Cc1ccc(NC(=S)NCCCn2cc(Cl)cn2)cc1C. The quantitative estimate of drug-likeness (QED) is 0.653. The van der Waals surface area contributed by atoms with Crippen molar-refractivity contribution in [1.29, 1.82) is 0 Å². The van der Waals surface area contributed by atoms with Crippen LogP contribution in [0.2, 0.25) is 5.02 Å². The number of nitrogens with one attached hydrogen (secondary N) is 2. The van der Waals surface area contributed by atoms with Crippen LogP contribution in [0.1, 0.15) is 17.5 Å². The third-order valence-corrected chi connectivity index (χ3v) is 3.66. The summed E-state index contributed by atoms with van der Waals surface area (Å²) in [6, 6.07) is 6.21. The van der Waals surface area contributed by atoms with E-state index in [4.69, 9.17) is 23.8 Å². The summed E-state index contributed by atoms with van der Waals surface area (Å²) >= 11 is 11.1. The van der Waals surface area contributed by atoms with Crippen LogP contribution < -0.4 is 10.6 Å². The van der Waals surface area contributed by atoms with Crippen LogP contribution in [-0.4, -0.2) is 21.4 Å². The molecular weight excluding hydrogens is 304 g/mol. The summed E-state index contributed by atoms with van der Waals surface area (Å²) in [4.78, 5) is 0. The lowest BCUT2D eigenvalue weighted by Crippen LogP contribution is -2.29. The van der Waals surface area contributed by atoms with Crippen molar-refractivity contribution in [2.75, 3.05) is 11.9 Å². The summed E-state index contributed by atoms with van der Waals surface area (Å²) in [5, 5.41) is 11.8. The highest BCUT2D eigenvalue weighted by Crippen LogP contribution is 2.13. The Balaban J connectivity index is 1.71. The molecule has 21 heavy (non-hydrogen) atoms. The minimum absolute atomic E-state index is 0.636. The smallest absolute Gasteiger partial charge is 0.170 e. The van der Waals surface area contributed by atoms with Gasteiger partial charge >= 0.3 is 0 Å². The molecular formula is C15H19ClN4S. The van der Waals surface area contributed by atoms with Crippen molar-refractivity contribution in [2.24, 2.45) is 0 Å². The molecule has 112 valence electrons. The highest BCUT2D eigenvalue weighted by atomic mass is 35.5. The van der Waals surface area contributed by atoms with Gasteiger partial charge in [0.1, 0.15) is 0 Å². The van der Waals surface area contributed by atoms with Gasteiger partial charge in [-0.15, -0.1) is 0 Å². The zero-order chi connectivity index (χ0) is 15.2. The molecule has 0 aliphatic rings. The predicted molar refractivity (Wildman–Crippen MR) is 92.0 cm³/mol. The number of rotatable bonds is 5. The molecule has 4 nitrogen and oxygen atoms in total. The lowest BCUT2D eigenvalue weighted by atomic mass is 10.1. The molecule has 2 rings (SSSR count). The summed E-state index contributed by atoms with van der Waals surface area (Å²) < 4.78 is 1.82. The normalized spacial score (nSPS) is 10.4. The molecule has 0 saturated heterocycles. The fourth-order valence-corrected chi connectivity index (χ4v) is 2.27. The molecule has 2 N–H and O–H groups in total. The van der Waals surface area contributed by atoms with Crippen LogP contribution in [0.3, 0.4) is 0 Å². The maximum Gasteiger partial charge on any atom is 0.170 e. The van der Waals surface area contributed by atoms with Crippen LogP contribution >= 0.6 is 23.8 Å². The van der Waals surface area contributed by atoms with E-state index in [-0.39, 0.29) is 0 Å². The van der Waals surface area contributed by atoms with Crippen molar-refractivity contribution in [2.45, 2.75) is 26.8 Å². The molecule has 0 unspecified atom stereocenters. The minimum atomic E-state index is 0.636. The van der Waals surface area contributed by atoms with E-state index in [1.807, 2.05) is 16.9 Å². The summed E-state index contributed by atoms with van der Waals surface area (Å²) in [5.41, 5.74) is 3.53. The van der Waals surface area contributed by atoms with E-state index in [2.05, 4.69) is 41.7 Å². The first-order chi connectivity index (χ1) is 10.0. The zero-order valence-corrected chi connectivity index (χ0v) is 13.8. The van der Waals surface area contributed by atoms with Gasteiger partial charge in [-0.3, -0.25) is 4.68 Å². The molecule has 0 bridgehead atoms.